The topological polar surface area (TPSA) is 44.1 Å². The molecular formula is C11H8BrClN2O2S. The maximum absolute atomic E-state index is 11.3. The Morgan fingerprint density at radius 1 is 1.50 bits per heavy atom. The van der Waals surface area contributed by atoms with Gasteiger partial charge in [0.05, 0.1) is 0 Å². The lowest BCUT2D eigenvalue weighted by Crippen LogP contribution is -2.04. The fraction of sp³-hybridized carbons (Fsp3) is 0.0909. The van der Waals surface area contributed by atoms with Gasteiger partial charge in [-0.3, -0.25) is 4.79 Å². The maximum atomic E-state index is 11.3. The normalized spacial score (nSPS) is 10.4. The van der Waals surface area contributed by atoms with E-state index < -0.39 is 5.24 Å². The molecule has 0 bridgehead atoms. The van der Waals surface area contributed by atoms with Crippen molar-refractivity contribution < 1.29 is 9.53 Å². The fourth-order valence-corrected chi connectivity index (χ4v) is 2.22. The van der Waals surface area contributed by atoms with E-state index >= 15 is 0 Å². The second kappa shape index (κ2) is 5.77. The summed E-state index contributed by atoms with van der Waals surface area (Å²) in [6.45, 7) is 0.194. The number of benzene rings is 1. The first-order chi connectivity index (χ1) is 8.58. The van der Waals surface area contributed by atoms with Crippen LogP contribution in [0.5, 0.6) is 5.88 Å². The summed E-state index contributed by atoms with van der Waals surface area (Å²) in [4.78, 5) is 11.3. The number of rotatable bonds is 4. The lowest BCUT2D eigenvalue weighted by Gasteiger charge is -2.08. The monoisotopic (exact) mass is 346 g/mol. The van der Waals surface area contributed by atoms with Crippen LogP contribution in [0.25, 0.3) is 0 Å². The van der Waals surface area contributed by atoms with Crippen LogP contribution in [0.2, 0.25) is 0 Å². The van der Waals surface area contributed by atoms with Crippen LogP contribution in [-0.2, 0) is 6.61 Å². The fourth-order valence-electron chi connectivity index (χ4n) is 1.41. The minimum Gasteiger partial charge on any atom is -0.472 e. The first-order valence-corrected chi connectivity index (χ1v) is 6.50. The lowest BCUT2D eigenvalue weighted by molar-refractivity contribution is 0.107. The van der Waals surface area contributed by atoms with Crippen LogP contribution in [0, 0.1) is 0 Å². The van der Waals surface area contributed by atoms with E-state index in [1.807, 2.05) is 6.07 Å². The first kappa shape index (κ1) is 13.5. The Balaban J connectivity index is 2.20. The van der Waals surface area contributed by atoms with Gasteiger partial charge in [0.2, 0.25) is 5.88 Å². The molecule has 0 aliphatic heterocycles. The largest absolute Gasteiger partial charge is 0.472 e. The molecule has 0 spiro atoms. The van der Waals surface area contributed by atoms with Crippen LogP contribution in [-0.4, -0.2) is 14.4 Å². The van der Waals surface area contributed by atoms with Gasteiger partial charge in [-0.1, -0.05) is 22.0 Å². The Morgan fingerprint density at radius 3 is 2.89 bits per heavy atom. The average Bonchev–Trinajstić information content (AvgIpc) is 2.73. The molecule has 2 rings (SSSR count). The molecule has 1 heterocycles. The molecule has 0 amide bonds. The first-order valence-electron chi connectivity index (χ1n) is 4.93. The van der Waals surface area contributed by atoms with E-state index in [-0.39, 0.29) is 6.61 Å². The van der Waals surface area contributed by atoms with Gasteiger partial charge in [0.1, 0.15) is 6.61 Å². The molecule has 0 unspecified atom stereocenters. The van der Waals surface area contributed by atoms with E-state index in [4.69, 9.17) is 16.3 Å². The number of hydrogen-bond acceptors (Lipinski definition) is 4. The predicted octanol–water partition coefficient (Wildman–Crippen LogP) is 3.30. The van der Waals surface area contributed by atoms with Crippen molar-refractivity contribution in [3.05, 3.63) is 46.1 Å². The van der Waals surface area contributed by atoms with Gasteiger partial charge in [-0.25, -0.2) is 4.09 Å². The minimum absolute atomic E-state index is 0.194. The van der Waals surface area contributed by atoms with Crippen molar-refractivity contribution >= 4 is 45.6 Å². The number of carbonyl (C=O) groups is 1. The van der Waals surface area contributed by atoms with Crippen LogP contribution in [0.3, 0.4) is 0 Å². The third-order valence-electron chi connectivity index (χ3n) is 2.25. The molecule has 0 N–H and O–H groups in total. The molecule has 1 aromatic heterocycles. The molecule has 0 radical (unpaired) electrons. The molecule has 1 aromatic carbocycles. The molecule has 0 fully saturated rings. The van der Waals surface area contributed by atoms with Crippen molar-refractivity contribution in [1.82, 2.24) is 9.19 Å². The summed E-state index contributed by atoms with van der Waals surface area (Å²) in [6, 6.07) is 6.88. The van der Waals surface area contributed by atoms with E-state index in [1.165, 1.54) is 4.09 Å². The highest BCUT2D eigenvalue weighted by molar-refractivity contribution is 9.10. The molecule has 0 saturated carbocycles. The molecular weight excluding hydrogens is 340 g/mol. The van der Waals surface area contributed by atoms with Gasteiger partial charge in [0.25, 0.3) is 5.24 Å². The number of thiol groups is 1. The Bertz CT molecular complexity index is 588. The summed E-state index contributed by atoms with van der Waals surface area (Å²) in [5.41, 5.74) is 1.10. The summed E-state index contributed by atoms with van der Waals surface area (Å²) in [5, 5.41) is 3.44. The molecule has 18 heavy (non-hydrogen) atoms. The van der Waals surface area contributed by atoms with Gasteiger partial charge in [0, 0.05) is 27.9 Å². The van der Waals surface area contributed by atoms with Crippen molar-refractivity contribution in [2.45, 2.75) is 6.61 Å². The van der Waals surface area contributed by atoms with Gasteiger partial charge in [0.15, 0.2) is 0 Å². The molecule has 0 aliphatic carbocycles. The van der Waals surface area contributed by atoms with Gasteiger partial charge in [-0.15, -0.1) is 5.10 Å². The Kier molecular flexibility index (Phi) is 4.31. The summed E-state index contributed by atoms with van der Waals surface area (Å²) >= 11 is 12.9. The van der Waals surface area contributed by atoms with Crippen molar-refractivity contribution in [2.24, 2.45) is 0 Å². The van der Waals surface area contributed by atoms with Gasteiger partial charge < -0.3 is 4.74 Å². The molecule has 7 heteroatoms. The third kappa shape index (κ3) is 3.07. The minimum atomic E-state index is -0.519. The number of halogens is 2. The summed E-state index contributed by atoms with van der Waals surface area (Å²) in [6.07, 6.45) is 1.64. The lowest BCUT2D eigenvalue weighted by atomic mass is 10.1. The molecule has 4 nitrogen and oxygen atoms in total. The second-order valence-corrected chi connectivity index (χ2v) is 5.01. The maximum Gasteiger partial charge on any atom is 0.252 e. The van der Waals surface area contributed by atoms with Crippen LogP contribution in [0.4, 0.5) is 0 Å². The third-order valence-corrected chi connectivity index (χ3v) is 3.42. The van der Waals surface area contributed by atoms with Gasteiger partial charge in [-0.2, -0.15) is 0 Å². The highest BCUT2D eigenvalue weighted by atomic mass is 79.9. The van der Waals surface area contributed by atoms with Crippen molar-refractivity contribution in [2.75, 3.05) is 0 Å². The zero-order valence-corrected chi connectivity index (χ0v) is 12.2. The van der Waals surface area contributed by atoms with E-state index in [1.54, 1.807) is 24.4 Å². The molecule has 0 saturated heterocycles. The standard InChI is InChI=1S/C11H8BrClN2O2S/c12-9-3-1-2-7(11(13)16)8(9)6-17-10-4-5-15(18)14-10/h1-5,18H,6H2. The van der Waals surface area contributed by atoms with E-state index in [0.29, 0.717) is 17.0 Å². The van der Waals surface area contributed by atoms with Crippen LogP contribution in [0.1, 0.15) is 15.9 Å². The van der Waals surface area contributed by atoms with Crippen molar-refractivity contribution in [1.29, 1.82) is 0 Å². The number of ether oxygens (including phenoxy) is 1. The van der Waals surface area contributed by atoms with Gasteiger partial charge in [-0.05, 0) is 36.5 Å². The zero-order chi connectivity index (χ0) is 13.1. The molecule has 94 valence electrons. The predicted molar refractivity (Wildman–Crippen MR) is 75.3 cm³/mol. The van der Waals surface area contributed by atoms with Crippen LogP contribution < -0.4 is 4.74 Å². The molecule has 0 aliphatic rings. The second-order valence-electron chi connectivity index (χ2n) is 3.40. The summed E-state index contributed by atoms with van der Waals surface area (Å²) < 4.78 is 7.56. The molecule has 0 atom stereocenters. The highest BCUT2D eigenvalue weighted by Gasteiger charge is 2.13. The number of hydrogen-bond donors (Lipinski definition) is 1. The smallest absolute Gasteiger partial charge is 0.252 e. The van der Waals surface area contributed by atoms with Crippen molar-refractivity contribution in [3.8, 4) is 5.88 Å². The Hall–Kier alpha value is -0.980. The average molecular weight is 348 g/mol. The van der Waals surface area contributed by atoms with E-state index in [2.05, 4.69) is 33.8 Å². The Labute approximate surface area is 123 Å². The van der Waals surface area contributed by atoms with Crippen LogP contribution >= 0.6 is 40.3 Å². The number of aromatic nitrogens is 2. The summed E-state index contributed by atoms with van der Waals surface area (Å²) in [5.74, 6) is 0.425. The van der Waals surface area contributed by atoms with E-state index in [9.17, 15) is 4.79 Å². The molecule has 2 aromatic rings. The zero-order valence-electron chi connectivity index (χ0n) is 9.01. The Morgan fingerprint density at radius 2 is 2.28 bits per heavy atom. The van der Waals surface area contributed by atoms with Crippen molar-refractivity contribution in [3.63, 3.8) is 0 Å². The van der Waals surface area contributed by atoms with E-state index in [0.717, 1.165) is 4.47 Å². The SMILES string of the molecule is O=C(Cl)c1cccc(Br)c1COc1ccn(S)n1. The highest BCUT2D eigenvalue weighted by Crippen LogP contribution is 2.23. The van der Waals surface area contributed by atoms with Crippen LogP contribution in [0.15, 0.2) is 34.9 Å². The number of nitrogens with zero attached hydrogens (tertiary/aromatic N) is 2. The quantitative estimate of drug-likeness (QED) is 0.682. The summed E-state index contributed by atoms with van der Waals surface area (Å²) in [7, 11) is 0. The van der Waals surface area contributed by atoms with Gasteiger partial charge >= 0.3 is 0 Å². The number of carbonyl (C=O) groups excluding carboxylic acids is 1.